The fourth-order valence-corrected chi connectivity index (χ4v) is 5.18. The van der Waals surface area contributed by atoms with Crippen molar-refractivity contribution in [2.45, 2.75) is 186 Å². The van der Waals surface area contributed by atoms with Crippen LogP contribution in [0.3, 0.4) is 0 Å². The van der Waals surface area contributed by atoms with Crippen molar-refractivity contribution in [2.24, 2.45) is 0 Å². The Hall–Kier alpha value is -1.39. The van der Waals surface area contributed by atoms with Crippen molar-refractivity contribution < 1.29 is 44.7 Å². The van der Waals surface area contributed by atoms with E-state index in [2.05, 4.69) is 20.8 Å². The van der Waals surface area contributed by atoms with Gasteiger partial charge in [-0.2, -0.15) is 0 Å². The van der Waals surface area contributed by atoms with Crippen molar-refractivity contribution in [2.75, 3.05) is 6.61 Å². The molecule has 0 aliphatic carbocycles. The van der Waals surface area contributed by atoms with Gasteiger partial charge in [-0.05, 0) is 19.3 Å². The van der Waals surface area contributed by atoms with Gasteiger partial charge in [0.25, 0.3) is 0 Å². The molecule has 0 aromatic rings. The molecule has 42 heavy (non-hydrogen) atoms. The predicted molar refractivity (Wildman–Crippen MR) is 164 cm³/mol. The monoisotopic (exact) mass is 602 g/mol. The van der Waals surface area contributed by atoms with Crippen LogP contribution in [0.4, 0.5) is 0 Å². The summed E-state index contributed by atoms with van der Waals surface area (Å²) in [4.78, 5) is 38.9. The quantitative estimate of drug-likeness (QED) is 0.0580. The summed E-state index contributed by atoms with van der Waals surface area (Å²) in [6.45, 7) is 5.36. The third kappa shape index (κ3) is 15.9. The van der Waals surface area contributed by atoms with Crippen molar-refractivity contribution in [3.8, 4) is 0 Å². The average molecular weight is 603 g/mol. The molecule has 9 heteroatoms. The number of Topliss-reactive ketones (excluding diaryl/α,β-unsaturated/α-hetero) is 2. The summed E-state index contributed by atoms with van der Waals surface area (Å²) in [5.41, 5.74) is -3.01. The molecule has 0 amide bonds. The summed E-state index contributed by atoms with van der Waals surface area (Å²) in [6, 6.07) is 0. The molecule has 5 N–H and O–H groups in total. The van der Waals surface area contributed by atoms with E-state index in [0.717, 1.165) is 89.9 Å². The van der Waals surface area contributed by atoms with Gasteiger partial charge in [-0.15, -0.1) is 0 Å². The summed E-state index contributed by atoms with van der Waals surface area (Å²) < 4.78 is 5.29. The van der Waals surface area contributed by atoms with E-state index in [9.17, 15) is 39.9 Å². The van der Waals surface area contributed by atoms with Crippen LogP contribution < -0.4 is 0 Å². The first-order chi connectivity index (χ1) is 20.1. The van der Waals surface area contributed by atoms with Gasteiger partial charge in [0.15, 0.2) is 29.4 Å². The lowest BCUT2D eigenvalue weighted by molar-refractivity contribution is -0.210. The Morgan fingerprint density at radius 3 is 1.48 bits per heavy atom. The molecule has 0 radical (unpaired) electrons. The second-order valence-electron chi connectivity index (χ2n) is 11.8. The zero-order valence-corrected chi connectivity index (χ0v) is 26.7. The molecule has 0 rings (SSSR count). The normalized spacial score (nSPS) is 15.9. The highest BCUT2D eigenvalue weighted by molar-refractivity contribution is 5.96. The zero-order valence-electron chi connectivity index (χ0n) is 26.7. The Morgan fingerprint density at radius 2 is 1.02 bits per heavy atom. The number of ether oxygens (including phenoxy) is 1. The molecule has 0 aliphatic heterocycles. The molecule has 9 nitrogen and oxygen atoms in total. The number of hydrogen-bond donors (Lipinski definition) is 5. The Bertz CT molecular complexity index is 714. The number of aliphatic hydroxyl groups excluding tert-OH is 4. The maximum absolute atomic E-state index is 13.4. The van der Waals surface area contributed by atoms with Gasteiger partial charge in [0.1, 0.15) is 12.2 Å². The van der Waals surface area contributed by atoms with E-state index in [1.165, 1.54) is 0 Å². The second kappa shape index (κ2) is 25.0. The van der Waals surface area contributed by atoms with E-state index in [1.54, 1.807) is 0 Å². The summed E-state index contributed by atoms with van der Waals surface area (Å²) in [5, 5.41) is 53.9. The maximum Gasteiger partial charge on any atom is 0.306 e. The van der Waals surface area contributed by atoms with E-state index in [-0.39, 0.29) is 19.3 Å². The zero-order chi connectivity index (χ0) is 31.8. The SMILES string of the molecule is CCCCCCCCC(=O)O[C@H]([C@H](O)CO)[C@H](O)[C@](O)(C(=O)CCCCCCCC)C(O)C(=O)CCCCCCCC. The molecule has 1 unspecified atom stereocenters. The van der Waals surface area contributed by atoms with Gasteiger partial charge in [-0.1, -0.05) is 117 Å². The van der Waals surface area contributed by atoms with Gasteiger partial charge < -0.3 is 30.3 Å². The molecule has 0 heterocycles. The Morgan fingerprint density at radius 1 is 0.619 bits per heavy atom. The van der Waals surface area contributed by atoms with Crippen LogP contribution in [0.15, 0.2) is 0 Å². The van der Waals surface area contributed by atoms with E-state index in [4.69, 9.17) is 4.74 Å². The topological polar surface area (TPSA) is 162 Å². The Kier molecular flexibility index (Phi) is 24.2. The Balaban J connectivity index is 5.67. The van der Waals surface area contributed by atoms with Gasteiger partial charge in [-0.3, -0.25) is 14.4 Å². The maximum atomic E-state index is 13.4. The van der Waals surface area contributed by atoms with Crippen LogP contribution in [0.2, 0.25) is 0 Å². The second-order valence-corrected chi connectivity index (χ2v) is 11.8. The first-order valence-electron chi connectivity index (χ1n) is 16.7. The largest absolute Gasteiger partial charge is 0.457 e. The standard InChI is InChI=1S/C33H62O9/c1-4-7-10-13-16-19-22-26(35)31(39)33(41,28(37)23-20-17-14-11-8-5-2)32(40)30(27(36)25-34)42-29(38)24-21-18-15-12-9-6-3/h27,30-32,34,36,39-41H,4-25H2,1-3H3/t27-,30-,31?,32+,33+/m1/s1. The minimum absolute atomic E-state index is 0.0167. The molecule has 0 aliphatic rings. The number of esters is 1. The van der Waals surface area contributed by atoms with Crippen molar-refractivity contribution in [3.63, 3.8) is 0 Å². The molecule has 5 atom stereocenters. The van der Waals surface area contributed by atoms with Crippen LogP contribution in [0.25, 0.3) is 0 Å². The molecular weight excluding hydrogens is 540 g/mol. The van der Waals surface area contributed by atoms with Gasteiger partial charge in [0.05, 0.1) is 6.61 Å². The first-order valence-corrected chi connectivity index (χ1v) is 16.7. The third-order valence-electron chi connectivity index (χ3n) is 8.03. The molecular formula is C33H62O9. The van der Waals surface area contributed by atoms with Crippen LogP contribution in [-0.4, -0.2) is 79.7 Å². The molecule has 0 bridgehead atoms. The average Bonchev–Trinajstić information content (AvgIpc) is 2.99. The number of aliphatic hydroxyl groups is 5. The summed E-state index contributed by atoms with van der Waals surface area (Å²) >= 11 is 0. The third-order valence-corrected chi connectivity index (χ3v) is 8.03. The van der Waals surface area contributed by atoms with Crippen molar-refractivity contribution in [1.29, 1.82) is 0 Å². The number of rotatable bonds is 29. The van der Waals surface area contributed by atoms with E-state index < -0.39 is 54.2 Å². The number of hydrogen-bond acceptors (Lipinski definition) is 9. The number of unbranched alkanes of at least 4 members (excludes halogenated alkanes) is 15. The highest BCUT2D eigenvalue weighted by atomic mass is 16.6. The van der Waals surface area contributed by atoms with E-state index in [1.807, 2.05) is 0 Å². The highest BCUT2D eigenvalue weighted by Gasteiger charge is 2.56. The number of carbonyl (C=O) groups is 3. The lowest BCUT2D eigenvalue weighted by Gasteiger charge is -2.39. The molecule has 248 valence electrons. The summed E-state index contributed by atoms with van der Waals surface area (Å²) in [6.07, 6.45) is 7.16. The Labute approximate surface area is 254 Å². The van der Waals surface area contributed by atoms with Crippen LogP contribution in [-0.2, 0) is 19.1 Å². The van der Waals surface area contributed by atoms with Crippen LogP contribution in [0, 0.1) is 0 Å². The highest BCUT2D eigenvalue weighted by Crippen LogP contribution is 2.28. The van der Waals surface area contributed by atoms with Crippen molar-refractivity contribution >= 4 is 17.5 Å². The van der Waals surface area contributed by atoms with Crippen molar-refractivity contribution in [3.05, 3.63) is 0 Å². The molecule has 0 spiro atoms. The summed E-state index contributed by atoms with van der Waals surface area (Å²) in [5.74, 6) is -2.55. The molecule has 0 saturated carbocycles. The fourth-order valence-electron chi connectivity index (χ4n) is 5.18. The lowest BCUT2D eigenvalue weighted by Crippen LogP contribution is -2.66. The molecule has 0 saturated heterocycles. The van der Waals surface area contributed by atoms with E-state index in [0.29, 0.717) is 25.7 Å². The van der Waals surface area contributed by atoms with Gasteiger partial charge in [0.2, 0.25) is 0 Å². The van der Waals surface area contributed by atoms with Crippen molar-refractivity contribution in [1.82, 2.24) is 0 Å². The van der Waals surface area contributed by atoms with Crippen LogP contribution in [0.5, 0.6) is 0 Å². The smallest absolute Gasteiger partial charge is 0.306 e. The van der Waals surface area contributed by atoms with Gasteiger partial charge in [-0.25, -0.2) is 0 Å². The van der Waals surface area contributed by atoms with Gasteiger partial charge in [0, 0.05) is 19.3 Å². The number of ketones is 2. The van der Waals surface area contributed by atoms with E-state index >= 15 is 0 Å². The molecule has 0 aromatic carbocycles. The van der Waals surface area contributed by atoms with Gasteiger partial charge >= 0.3 is 5.97 Å². The number of carbonyl (C=O) groups excluding carboxylic acids is 3. The molecule has 0 aromatic heterocycles. The van der Waals surface area contributed by atoms with Crippen LogP contribution >= 0.6 is 0 Å². The minimum Gasteiger partial charge on any atom is -0.457 e. The van der Waals surface area contributed by atoms with Crippen LogP contribution in [0.1, 0.15) is 156 Å². The summed E-state index contributed by atoms with van der Waals surface area (Å²) in [7, 11) is 0. The molecule has 0 fully saturated rings. The first kappa shape index (κ1) is 40.6. The predicted octanol–water partition coefficient (Wildman–Crippen LogP) is 5.09. The fraction of sp³-hybridized carbons (Fsp3) is 0.909. The minimum atomic E-state index is -3.01. The lowest BCUT2D eigenvalue weighted by atomic mass is 9.78.